The summed E-state index contributed by atoms with van der Waals surface area (Å²) >= 11 is 0. The Morgan fingerprint density at radius 2 is 1.90 bits per heavy atom. The van der Waals surface area contributed by atoms with Gasteiger partial charge in [-0.2, -0.15) is 0 Å². The molecule has 0 heterocycles. The number of anilines is 1. The van der Waals surface area contributed by atoms with Gasteiger partial charge >= 0.3 is 0 Å². The van der Waals surface area contributed by atoms with Crippen LogP contribution in [0, 0.1) is 0 Å². The van der Waals surface area contributed by atoms with Gasteiger partial charge in [-0.1, -0.05) is 24.3 Å². The maximum Gasteiger partial charge on any atom is 0.188 e. The average molecular weight is 388 g/mol. The van der Waals surface area contributed by atoms with Crippen LogP contribution in [0.15, 0.2) is 41.4 Å². The Bertz CT molecular complexity index is 438. The van der Waals surface area contributed by atoms with Crippen molar-refractivity contribution < 1.29 is 0 Å². The quantitative estimate of drug-likeness (QED) is 0.341. The van der Waals surface area contributed by atoms with Crippen molar-refractivity contribution in [1.29, 1.82) is 0 Å². The van der Waals surface area contributed by atoms with Crippen molar-refractivity contribution in [3.8, 4) is 0 Å². The Hall–Kier alpha value is -1.24. The van der Waals surface area contributed by atoms with E-state index in [0.717, 1.165) is 18.5 Å². The molecule has 0 aromatic heterocycles. The lowest BCUT2D eigenvalue weighted by Gasteiger charge is -2.12. The zero-order chi connectivity index (χ0) is 14.3. The van der Waals surface area contributed by atoms with Crippen molar-refractivity contribution in [3.05, 3.63) is 42.0 Å². The van der Waals surface area contributed by atoms with Gasteiger partial charge in [0.2, 0.25) is 0 Å². The normalized spacial score (nSPS) is 10.7. The van der Waals surface area contributed by atoms with Gasteiger partial charge in [-0.05, 0) is 31.0 Å². The summed E-state index contributed by atoms with van der Waals surface area (Å²) in [5.41, 5.74) is 9.24. The Labute approximate surface area is 139 Å². The molecule has 1 aromatic rings. The number of hydrogen-bond acceptors (Lipinski definition) is 2. The number of rotatable bonds is 6. The van der Waals surface area contributed by atoms with Crippen molar-refractivity contribution in [3.63, 3.8) is 0 Å². The number of halogens is 1. The third kappa shape index (κ3) is 7.37. The Morgan fingerprint density at radius 1 is 1.30 bits per heavy atom. The number of guanidine groups is 1. The summed E-state index contributed by atoms with van der Waals surface area (Å²) in [4.78, 5) is 6.26. The molecule has 0 aliphatic carbocycles. The van der Waals surface area contributed by atoms with E-state index in [1.54, 1.807) is 0 Å². The number of nitrogens with two attached hydrogens (primary N) is 1. The van der Waals surface area contributed by atoms with E-state index in [-0.39, 0.29) is 24.0 Å². The average Bonchev–Trinajstić information content (AvgIpc) is 2.37. The van der Waals surface area contributed by atoms with E-state index < -0.39 is 0 Å². The lowest BCUT2D eigenvalue weighted by molar-refractivity contribution is 0.852. The molecular formula is C15H25IN4. The minimum atomic E-state index is 0. The van der Waals surface area contributed by atoms with Crippen LogP contribution in [0.2, 0.25) is 0 Å². The molecule has 0 bridgehead atoms. The van der Waals surface area contributed by atoms with Crippen molar-refractivity contribution in [2.75, 3.05) is 32.1 Å². The van der Waals surface area contributed by atoms with Crippen LogP contribution < -0.4 is 16.0 Å². The molecule has 3 N–H and O–H groups in total. The molecule has 0 radical (unpaired) electrons. The highest BCUT2D eigenvalue weighted by Crippen LogP contribution is 2.12. The van der Waals surface area contributed by atoms with E-state index in [4.69, 9.17) is 5.73 Å². The minimum Gasteiger partial charge on any atom is -0.378 e. The van der Waals surface area contributed by atoms with E-state index in [0.29, 0.717) is 12.5 Å². The van der Waals surface area contributed by atoms with Gasteiger partial charge in [0, 0.05) is 26.3 Å². The first kappa shape index (κ1) is 18.8. The molecule has 0 aliphatic rings. The zero-order valence-electron chi connectivity index (χ0n) is 12.5. The number of aliphatic imine (C=N–C) groups is 1. The molecule has 0 atom stereocenters. The van der Waals surface area contributed by atoms with Gasteiger partial charge in [0.1, 0.15) is 0 Å². The first-order valence-corrected chi connectivity index (χ1v) is 6.43. The number of benzene rings is 1. The molecule has 0 saturated carbocycles. The maximum absolute atomic E-state index is 5.74. The molecule has 0 aliphatic heterocycles. The highest BCUT2D eigenvalue weighted by atomic mass is 127. The molecule has 0 saturated heterocycles. The third-order valence-corrected chi connectivity index (χ3v) is 2.69. The van der Waals surface area contributed by atoms with E-state index in [2.05, 4.69) is 46.1 Å². The fourth-order valence-corrected chi connectivity index (χ4v) is 1.57. The number of hydrogen-bond donors (Lipinski definition) is 2. The van der Waals surface area contributed by atoms with Gasteiger partial charge in [0.25, 0.3) is 0 Å². The van der Waals surface area contributed by atoms with Gasteiger partial charge in [0.15, 0.2) is 5.96 Å². The van der Waals surface area contributed by atoms with Crippen LogP contribution in [-0.2, 0) is 6.42 Å². The SMILES string of the molecule is C=C(C)CN=C(N)NCCc1ccc(N(C)C)cc1.I. The van der Waals surface area contributed by atoms with Gasteiger partial charge in [-0.3, -0.25) is 0 Å². The zero-order valence-corrected chi connectivity index (χ0v) is 14.8. The van der Waals surface area contributed by atoms with Crippen molar-refractivity contribution in [2.45, 2.75) is 13.3 Å². The molecule has 4 nitrogen and oxygen atoms in total. The summed E-state index contributed by atoms with van der Waals surface area (Å²) in [5, 5.41) is 3.10. The molecule has 5 heteroatoms. The monoisotopic (exact) mass is 388 g/mol. The molecule has 0 unspecified atom stereocenters. The predicted molar refractivity (Wildman–Crippen MR) is 99.2 cm³/mol. The van der Waals surface area contributed by atoms with Crippen LogP contribution in [0.1, 0.15) is 12.5 Å². The topological polar surface area (TPSA) is 53.6 Å². The molecule has 1 aromatic carbocycles. The summed E-state index contributed by atoms with van der Waals surface area (Å²) in [6.07, 6.45) is 0.928. The van der Waals surface area contributed by atoms with Crippen LogP contribution in [-0.4, -0.2) is 33.1 Å². The summed E-state index contributed by atoms with van der Waals surface area (Å²) < 4.78 is 0. The summed E-state index contributed by atoms with van der Waals surface area (Å²) in [6, 6.07) is 8.51. The number of nitrogens with one attached hydrogen (secondary N) is 1. The van der Waals surface area contributed by atoms with Crippen molar-refractivity contribution in [1.82, 2.24) is 5.32 Å². The molecule has 0 amide bonds. The van der Waals surface area contributed by atoms with E-state index in [1.165, 1.54) is 11.3 Å². The van der Waals surface area contributed by atoms with Gasteiger partial charge in [-0.15, -0.1) is 24.0 Å². The third-order valence-electron chi connectivity index (χ3n) is 2.69. The van der Waals surface area contributed by atoms with E-state index >= 15 is 0 Å². The lowest BCUT2D eigenvalue weighted by Crippen LogP contribution is -2.33. The van der Waals surface area contributed by atoms with Crippen LogP contribution in [0.5, 0.6) is 0 Å². The first-order chi connectivity index (χ1) is 8.99. The van der Waals surface area contributed by atoms with Gasteiger partial charge < -0.3 is 16.0 Å². The minimum absolute atomic E-state index is 0. The predicted octanol–water partition coefficient (Wildman–Crippen LogP) is 2.39. The standard InChI is InChI=1S/C15H24N4.HI/c1-12(2)11-18-15(16)17-10-9-13-5-7-14(8-6-13)19(3)4;/h5-8H,1,9-11H2,2-4H3,(H3,16,17,18);1H. The van der Waals surface area contributed by atoms with Crippen LogP contribution in [0.4, 0.5) is 5.69 Å². The van der Waals surface area contributed by atoms with Crippen molar-refractivity contribution in [2.24, 2.45) is 10.7 Å². The summed E-state index contributed by atoms with van der Waals surface area (Å²) in [5.74, 6) is 0.480. The maximum atomic E-state index is 5.74. The second-order valence-corrected chi connectivity index (χ2v) is 4.90. The smallest absolute Gasteiger partial charge is 0.188 e. The van der Waals surface area contributed by atoms with Crippen LogP contribution in [0.3, 0.4) is 0 Å². The molecule has 112 valence electrons. The van der Waals surface area contributed by atoms with E-state index in [9.17, 15) is 0 Å². The highest BCUT2D eigenvalue weighted by molar-refractivity contribution is 14.0. The largest absolute Gasteiger partial charge is 0.378 e. The van der Waals surface area contributed by atoms with E-state index in [1.807, 2.05) is 21.0 Å². The molecular weight excluding hydrogens is 363 g/mol. The molecule has 20 heavy (non-hydrogen) atoms. The summed E-state index contributed by atoms with van der Waals surface area (Å²) in [7, 11) is 4.07. The van der Waals surface area contributed by atoms with Crippen LogP contribution >= 0.6 is 24.0 Å². The fraction of sp³-hybridized carbons (Fsp3) is 0.400. The van der Waals surface area contributed by atoms with Crippen LogP contribution in [0.25, 0.3) is 0 Å². The fourth-order valence-electron chi connectivity index (χ4n) is 1.57. The summed E-state index contributed by atoms with van der Waals surface area (Å²) in [6.45, 7) is 7.08. The second-order valence-electron chi connectivity index (χ2n) is 4.90. The molecule has 0 spiro atoms. The molecule has 1 rings (SSSR count). The Kier molecular flexibility index (Phi) is 9.03. The highest BCUT2D eigenvalue weighted by Gasteiger charge is 1.97. The molecule has 0 fully saturated rings. The first-order valence-electron chi connectivity index (χ1n) is 6.43. The Morgan fingerprint density at radius 3 is 2.40 bits per heavy atom. The second kappa shape index (κ2) is 9.63. The Balaban J connectivity index is 0.00000361. The van der Waals surface area contributed by atoms with Gasteiger partial charge in [-0.25, -0.2) is 4.99 Å². The van der Waals surface area contributed by atoms with Crippen molar-refractivity contribution >= 4 is 35.6 Å². The lowest BCUT2D eigenvalue weighted by atomic mass is 10.1. The number of nitrogens with zero attached hydrogens (tertiary/aromatic N) is 2. The van der Waals surface area contributed by atoms with Gasteiger partial charge in [0.05, 0.1) is 6.54 Å².